The van der Waals surface area contributed by atoms with Crippen molar-refractivity contribution in [1.82, 2.24) is 19.5 Å². The Morgan fingerprint density at radius 2 is 0.886 bits per heavy atom. The van der Waals surface area contributed by atoms with Crippen LogP contribution in [-0.2, 0) is 0 Å². The number of nitriles is 2. The first-order valence-corrected chi connectivity index (χ1v) is 23.1. The van der Waals surface area contributed by atoms with E-state index in [1.807, 2.05) is 84.9 Å². The molecule has 0 saturated carbocycles. The van der Waals surface area contributed by atoms with Gasteiger partial charge in [-0.15, -0.1) is 11.3 Å². The van der Waals surface area contributed by atoms with Gasteiger partial charge >= 0.3 is 0 Å². The summed E-state index contributed by atoms with van der Waals surface area (Å²) >= 11 is 1.78. The van der Waals surface area contributed by atoms with Crippen molar-refractivity contribution in [3.8, 4) is 85.4 Å². The van der Waals surface area contributed by atoms with Crippen molar-refractivity contribution < 1.29 is 0 Å². The molecule has 0 aliphatic heterocycles. The maximum Gasteiger partial charge on any atom is 0.189 e. The van der Waals surface area contributed by atoms with E-state index in [1.54, 1.807) is 35.6 Å². The summed E-state index contributed by atoms with van der Waals surface area (Å²) < 4.78 is 4.68. The summed E-state index contributed by atoms with van der Waals surface area (Å²) in [6.45, 7) is 15.6. The van der Waals surface area contributed by atoms with E-state index in [-0.39, 0.29) is 0 Å². The molecule has 0 atom stereocenters. The van der Waals surface area contributed by atoms with Crippen LogP contribution in [0.5, 0.6) is 0 Å². The largest absolute Gasteiger partial charge is 0.308 e. The summed E-state index contributed by atoms with van der Waals surface area (Å²) in [6.07, 6.45) is 0. The summed E-state index contributed by atoms with van der Waals surface area (Å²) in [5, 5.41) is 24.1. The van der Waals surface area contributed by atoms with Crippen molar-refractivity contribution in [2.45, 2.75) is 0 Å². The van der Waals surface area contributed by atoms with E-state index < -0.39 is 0 Å². The third kappa shape index (κ3) is 7.26. The SMILES string of the molecule is [C-]#[N+]c1cc(C#N)cc(-c2ccc3c(c2)c2cc(-c4cc(C#N)cc([N+]#[C-])c4)ccc2n3-c2ccc(-c3ccc4c(c3)sc3ccccc34)cc2-c2nc(-c3ccccc3)nc(-c3ccccc3)n2)c1. The Labute approximate surface area is 406 Å². The summed E-state index contributed by atoms with van der Waals surface area (Å²) in [6, 6.07) is 68.9. The van der Waals surface area contributed by atoms with Crippen LogP contribution in [0, 0.1) is 35.8 Å². The first kappa shape index (κ1) is 41.4. The first-order chi connectivity index (χ1) is 34.4. The molecule has 0 fully saturated rings. The molecule has 0 radical (unpaired) electrons. The predicted octanol–water partition coefficient (Wildman–Crippen LogP) is 16.2. The quantitative estimate of drug-likeness (QED) is 0.148. The van der Waals surface area contributed by atoms with Gasteiger partial charge in [0.05, 0.1) is 42.0 Å². The van der Waals surface area contributed by atoms with Gasteiger partial charge in [-0.3, -0.25) is 0 Å². The van der Waals surface area contributed by atoms with Crippen LogP contribution in [0.15, 0.2) is 194 Å². The summed E-state index contributed by atoms with van der Waals surface area (Å²) in [5.41, 5.74) is 11.9. The number of aromatic nitrogens is 4. The number of hydrogen-bond donors (Lipinski definition) is 0. The average molecular weight is 909 g/mol. The van der Waals surface area contributed by atoms with Gasteiger partial charge in [0.15, 0.2) is 28.8 Å². The van der Waals surface area contributed by atoms with Crippen LogP contribution in [0.25, 0.3) is 125 Å². The van der Waals surface area contributed by atoms with Crippen molar-refractivity contribution in [1.29, 1.82) is 10.5 Å². The molecule has 9 aromatic carbocycles. The second-order valence-corrected chi connectivity index (χ2v) is 17.9. The molecule has 0 bridgehead atoms. The highest BCUT2D eigenvalue weighted by Crippen LogP contribution is 2.43. The second-order valence-electron chi connectivity index (χ2n) is 16.9. The highest BCUT2D eigenvalue weighted by molar-refractivity contribution is 7.25. The molecule has 70 heavy (non-hydrogen) atoms. The molecule has 0 saturated heterocycles. The molecule has 12 aromatic rings. The Hall–Kier alpha value is -10.0. The lowest BCUT2D eigenvalue weighted by Crippen LogP contribution is -2.04. The molecule has 322 valence electrons. The lowest BCUT2D eigenvalue weighted by atomic mass is 9.98. The van der Waals surface area contributed by atoms with Gasteiger partial charge in [-0.1, -0.05) is 109 Å². The lowest BCUT2D eigenvalue weighted by molar-refractivity contribution is 1.06. The molecule has 0 N–H and O–H groups in total. The van der Waals surface area contributed by atoms with Gasteiger partial charge in [0.25, 0.3) is 0 Å². The molecule has 8 nitrogen and oxygen atoms in total. The minimum atomic E-state index is 0.380. The van der Waals surface area contributed by atoms with Crippen LogP contribution in [0.3, 0.4) is 0 Å². The van der Waals surface area contributed by atoms with Crippen molar-refractivity contribution in [2.75, 3.05) is 0 Å². The molecule has 0 spiro atoms. The van der Waals surface area contributed by atoms with Gasteiger partial charge in [-0.2, -0.15) is 10.5 Å². The first-order valence-electron chi connectivity index (χ1n) is 22.3. The standard InChI is InChI=1S/C61H32N8S/c1-64-47-27-37(35-62)25-45(29-47)42-19-22-54-51(31-42)52-32-43(46-26-38(36-63)28-48(30-46)65-2)20-23-55(52)69(54)56-24-18-41(44-17-21-50-49-15-9-10-16-57(49)70-58(50)34-44)33-53(56)61-67-59(39-11-5-3-6-12-39)66-60(68-61)40-13-7-4-8-14-40/h3-34H. The molecule has 9 heteroatoms. The number of fused-ring (bicyclic) bond motifs is 6. The minimum absolute atomic E-state index is 0.380. The van der Waals surface area contributed by atoms with Crippen LogP contribution < -0.4 is 0 Å². The second kappa shape index (κ2) is 17.0. The summed E-state index contributed by atoms with van der Waals surface area (Å²) in [7, 11) is 0. The van der Waals surface area contributed by atoms with Gasteiger partial charge in [0.2, 0.25) is 0 Å². The van der Waals surface area contributed by atoms with Gasteiger partial charge in [-0.05, 0) is 118 Å². The normalized spacial score (nSPS) is 11.1. The van der Waals surface area contributed by atoms with E-state index in [0.29, 0.717) is 40.0 Å². The van der Waals surface area contributed by atoms with Crippen molar-refractivity contribution in [3.63, 3.8) is 0 Å². The van der Waals surface area contributed by atoms with Crippen LogP contribution in [-0.4, -0.2) is 19.5 Å². The zero-order valence-electron chi connectivity index (χ0n) is 37.0. The highest BCUT2D eigenvalue weighted by atomic mass is 32.1. The van der Waals surface area contributed by atoms with Crippen molar-refractivity contribution in [2.24, 2.45) is 0 Å². The van der Waals surface area contributed by atoms with E-state index in [9.17, 15) is 10.5 Å². The van der Waals surface area contributed by atoms with Crippen LogP contribution in [0.4, 0.5) is 11.4 Å². The van der Waals surface area contributed by atoms with E-state index in [2.05, 4.69) is 111 Å². The van der Waals surface area contributed by atoms with Crippen LogP contribution in [0.1, 0.15) is 11.1 Å². The number of hydrogen-bond acceptors (Lipinski definition) is 6. The Morgan fingerprint density at radius 3 is 1.46 bits per heavy atom. The van der Waals surface area contributed by atoms with Crippen LogP contribution >= 0.6 is 11.3 Å². The van der Waals surface area contributed by atoms with Gasteiger partial charge in [0.1, 0.15) is 0 Å². The predicted molar refractivity (Wildman–Crippen MR) is 282 cm³/mol. The fourth-order valence-electron chi connectivity index (χ4n) is 9.38. The van der Waals surface area contributed by atoms with Gasteiger partial charge in [-0.25, -0.2) is 24.6 Å². The van der Waals surface area contributed by atoms with E-state index >= 15 is 0 Å². The molecule has 12 rings (SSSR count). The third-order valence-electron chi connectivity index (χ3n) is 12.7. The van der Waals surface area contributed by atoms with Gasteiger partial charge < -0.3 is 4.57 Å². The molecule has 0 amide bonds. The zero-order valence-corrected chi connectivity index (χ0v) is 37.8. The van der Waals surface area contributed by atoms with Crippen molar-refractivity contribution >= 4 is 64.7 Å². The molecule has 3 aromatic heterocycles. The number of thiophene rings is 1. The average Bonchev–Trinajstić information content (AvgIpc) is 3.97. The molecule has 0 unspecified atom stereocenters. The number of nitrogens with zero attached hydrogens (tertiary/aromatic N) is 8. The van der Waals surface area contributed by atoms with E-state index in [0.717, 1.165) is 77.6 Å². The Morgan fingerprint density at radius 1 is 0.400 bits per heavy atom. The van der Waals surface area contributed by atoms with Gasteiger partial charge in [0, 0.05) is 58.8 Å². The highest BCUT2D eigenvalue weighted by Gasteiger charge is 2.22. The third-order valence-corrected chi connectivity index (χ3v) is 13.8. The smallest absolute Gasteiger partial charge is 0.189 e. The zero-order chi connectivity index (χ0) is 47.3. The fraction of sp³-hybridized carbons (Fsp3) is 0. The number of benzene rings is 9. The maximum atomic E-state index is 9.93. The van der Waals surface area contributed by atoms with E-state index in [1.165, 1.54) is 20.2 Å². The molecular formula is C61H32N8S. The molecule has 3 heterocycles. The fourth-order valence-corrected chi connectivity index (χ4v) is 10.5. The Bertz CT molecular complexity index is 4040. The topological polar surface area (TPSA) is 99.9 Å². The lowest BCUT2D eigenvalue weighted by Gasteiger charge is -2.17. The van der Waals surface area contributed by atoms with Crippen LogP contribution in [0.2, 0.25) is 0 Å². The monoisotopic (exact) mass is 908 g/mol. The Kier molecular flexibility index (Phi) is 10.1. The molecular weight excluding hydrogens is 877 g/mol. The maximum absolute atomic E-state index is 9.93. The minimum Gasteiger partial charge on any atom is -0.308 e. The van der Waals surface area contributed by atoms with Crippen molar-refractivity contribution in [3.05, 3.63) is 228 Å². The molecule has 0 aliphatic rings. The van der Waals surface area contributed by atoms with E-state index in [4.69, 9.17) is 28.1 Å². The molecule has 0 aliphatic carbocycles. The summed E-state index contributed by atoms with van der Waals surface area (Å²) in [5.74, 6) is 1.58. The summed E-state index contributed by atoms with van der Waals surface area (Å²) in [4.78, 5) is 23.0. The Balaban J connectivity index is 1.15. The number of rotatable bonds is 7.